The largest absolute Gasteiger partial charge is 0.493 e. The van der Waals surface area contributed by atoms with Crippen LogP contribution in [0.3, 0.4) is 0 Å². The molecule has 1 aliphatic heterocycles. The first-order chi connectivity index (χ1) is 20.4. The summed E-state index contributed by atoms with van der Waals surface area (Å²) in [6.45, 7) is 1.80. The van der Waals surface area contributed by atoms with Crippen molar-refractivity contribution in [2.24, 2.45) is 5.10 Å². The maximum absolute atomic E-state index is 13.7. The number of aromatic nitrogens is 2. The lowest BCUT2D eigenvalue weighted by molar-refractivity contribution is -0.137. The molecule has 0 radical (unpaired) electrons. The summed E-state index contributed by atoms with van der Waals surface area (Å²) in [6, 6.07) is 18.0. The lowest BCUT2D eigenvalue weighted by Gasteiger charge is -2.27. The van der Waals surface area contributed by atoms with Crippen molar-refractivity contribution in [3.63, 3.8) is 0 Å². The van der Waals surface area contributed by atoms with Gasteiger partial charge in [-0.1, -0.05) is 44.0 Å². The van der Waals surface area contributed by atoms with Crippen molar-refractivity contribution in [1.82, 2.24) is 14.6 Å². The summed E-state index contributed by atoms with van der Waals surface area (Å²) >= 11 is 6.98. The molecule has 0 unspecified atom stereocenters. The van der Waals surface area contributed by atoms with Gasteiger partial charge in [-0.3, -0.25) is 9.59 Å². The Morgan fingerprint density at radius 3 is 2.69 bits per heavy atom. The molecule has 6 rings (SSSR count). The Bertz CT molecular complexity index is 1890. The summed E-state index contributed by atoms with van der Waals surface area (Å²) in [5.74, 6) is 1.15. The first-order valence-corrected chi connectivity index (χ1v) is 14.6. The molecular formula is C30H24Br2N4O6. The number of carbonyl (C=O) groups excluding carboxylic acids is 1. The number of benzene rings is 3. The zero-order chi connectivity index (χ0) is 29.2. The summed E-state index contributed by atoms with van der Waals surface area (Å²) in [4.78, 5) is 32.9. The number of rotatable bonds is 7. The molecule has 1 fully saturated rings. The van der Waals surface area contributed by atoms with Crippen molar-refractivity contribution in [2.45, 2.75) is 0 Å². The van der Waals surface area contributed by atoms with E-state index in [4.69, 9.17) is 23.6 Å². The van der Waals surface area contributed by atoms with Crippen LogP contribution in [0.1, 0.15) is 5.56 Å². The maximum atomic E-state index is 13.7. The van der Waals surface area contributed by atoms with Gasteiger partial charge in [-0.2, -0.15) is 9.78 Å². The first kappa shape index (κ1) is 28.1. The molecule has 3 aromatic carbocycles. The number of morpholine rings is 1. The standard InChI is InChI=1S/C30H24Br2N4O6/c1-39-25-15-21(32)13-19(28(25)41-17-27(37)35-8-10-40-11-9-35)16-33-36-29(34-23-5-3-2-4-22(23)30(36)38)26-14-18-12-20(31)6-7-24(18)42-26/h2-7,12-16H,8-11,17H2,1H3. The predicted octanol–water partition coefficient (Wildman–Crippen LogP) is 5.46. The highest BCUT2D eigenvalue weighted by molar-refractivity contribution is 9.10. The van der Waals surface area contributed by atoms with Crippen molar-refractivity contribution in [3.8, 4) is 23.1 Å². The lowest BCUT2D eigenvalue weighted by Crippen LogP contribution is -2.43. The molecule has 5 aromatic rings. The van der Waals surface area contributed by atoms with Crippen LogP contribution in [0.4, 0.5) is 0 Å². The van der Waals surface area contributed by atoms with Crippen LogP contribution in [0.25, 0.3) is 33.5 Å². The van der Waals surface area contributed by atoms with Crippen LogP contribution in [-0.2, 0) is 9.53 Å². The van der Waals surface area contributed by atoms with Gasteiger partial charge in [0.2, 0.25) is 5.82 Å². The highest BCUT2D eigenvalue weighted by Gasteiger charge is 2.21. The van der Waals surface area contributed by atoms with Crippen molar-refractivity contribution in [1.29, 1.82) is 0 Å². The van der Waals surface area contributed by atoms with Crippen LogP contribution in [-0.4, -0.2) is 66.7 Å². The van der Waals surface area contributed by atoms with Crippen LogP contribution in [0.15, 0.2) is 83.9 Å². The highest BCUT2D eigenvalue weighted by Crippen LogP contribution is 2.34. The fourth-order valence-corrected chi connectivity index (χ4v) is 5.50. The van der Waals surface area contributed by atoms with Gasteiger partial charge in [-0.15, -0.1) is 0 Å². The third-order valence-electron chi connectivity index (χ3n) is 6.74. The Morgan fingerprint density at radius 1 is 1.07 bits per heavy atom. The van der Waals surface area contributed by atoms with E-state index < -0.39 is 0 Å². The number of methoxy groups -OCH3 is 1. The van der Waals surface area contributed by atoms with Crippen molar-refractivity contribution in [2.75, 3.05) is 40.0 Å². The van der Waals surface area contributed by atoms with Crippen molar-refractivity contribution < 1.29 is 23.4 Å². The molecule has 0 aliphatic carbocycles. The molecule has 214 valence electrons. The molecule has 1 saturated heterocycles. The third kappa shape index (κ3) is 5.69. The Labute approximate surface area is 256 Å². The van der Waals surface area contributed by atoms with E-state index in [9.17, 15) is 9.59 Å². The molecule has 10 nitrogen and oxygen atoms in total. The van der Waals surface area contributed by atoms with Gasteiger partial charge < -0.3 is 23.5 Å². The number of ether oxygens (including phenoxy) is 3. The van der Waals surface area contributed by atoms with E-state index in [0.29, 0.717) is 70.1 Å². The number of para-hydroxylation sites is 1. The van der Waals surface area contributed by atoms with E-state index in [1.165, 1.54) is 18.0 Å². The minimum atomic E-state index is -0.375. The van der Waals surface area contributed by atoms with Gasteiger partial charge in [0.15, 0.2) is 23.9 Å². The van der Waals surface area contributed by atoms with Gasteiger partial charge >= 0.3 is 0 Å². The van der Waals surface area contributed by atoms with E-state index in [-0.39, 0.29) is 23.9 Å². The molecule has 0 atom stereocenters. The normalized spacial score (nSPS) is 13.7. The Balaban J connectivity index is 1.43. The average molecular weight is 696 g/mol. The third-order valence-corrected chi connectivity index (χ3v) is 7.69. The van der Waals surface area contributed by atoms with E-state index >= 15 is 0 Å². The van der Waals surface area contributed by atoms with Gasteiger partial charge in [-0.05, 0) is 48.5 Å². The number of amides is 1. The van der Waals surface area contributed by atoms with Gasteiger partial charge in [0.1, 0.15) is 5.58 Å². The number of hydrogen-bond acceptors (Lipinski definition) is 8. The van der Waals surface area contributed by atoms with Gasteiger partial charge in [0.25, 0.3) is 11.5 Å². The smallest absolute Gasteiger partial charge is 0.282 e. The number of nitrogens with zero attached hydrogens (tertiary/aromatic N) is 4. The summed E-state index contributed by atoms with van der Waals surface area (Å²) in [6.07, 6.45) is 1.47. The van der Waals surface area contributed by atoms with Crippen LogP contribution in [0.5, 0.6) is 11.5 Å². The fourth-order valence-electron chi connectivity index (χ4n) is 4.66. The highest BCUT2D eigenvalue weighted by atomic mass is 79.9. The van der Waals surface area contributed by atoms with Gasteiger partial charge in [0, 0.05) is 33.0 Å². The molecule has 0 bridgehead atoms. The molecule has 12 heteroatoms. The number of carbonyl (C=O) groups is 1. The summed E-state index contributed by atoms with van der Waals surface area (Å²) < 4.78 is 25.8. The van der Waals surface area contributed by atoms with E-state index in [1.54, 1.807) is 35.2 Å². The zero-order valence-corrected chi connectivity index (χ0v) is 25.6. The van der Waals surface area contributed by atoms with Gasteiger partial charge in [0.05, 0.1) is 37.4 Å². The van der Waals surface area contributed by atoms with Gasteiger partial charge in [-0.25, -0.2) is 4.98 Å². The topological polar surface area (TPSA) is 108 Å². The molecular weight excluding hydrogens is 672 g/mol. The first-order valence-electron chi connectivity index (χ1n) is 13.0. The van der Waals surface area contributed by atoms with Crippen LogP contribution in [0, 0.1) is 0 Å². The molecule has 0 saturated carbocycles. The minimum Gasteiger partial charge on any atom is -0.493 e. The maximum Gasteiger partial charge on any atom is 0.282 e. The summed E-state index contributed by atoms with van der Waals surface area (Å²) in [7, 11) is 1.51. The Hall–Kier alpha value is -4.00. The molecule has 2 aromatic heterocycles. The SMILES string of the molecule is COc1cc(Br)cc(C=Nn2c(-c3cc4cc(Br)ccc4o3)nc3ccccc3c2=O)c1OCC(=O)N1CCOCC1. The van der Waals surface area contributed by atoms with E-state index in [2.05, 4.69) is 37.0 Å². The van der Waals surface area contributed by atoms with Crippen LogP contribution >= 0.6 is 31.9 Å². The van der Waals surface area contributed by atoms with Crippen LogP contribution in [0.2, 0.25) is 0 Å². The lowest BCUT2D eigenvalue weighted by atomic mass is 10.2. The summed E-state index contributed by atoms with van der Waals surface area (Å²) in [5.41, 5.74) is 1.26. The molecule has 1 amide bonds. The number of hydrogen-bond donors (Lipinski definition) is 0. The number of halogens is 2. The number of furan rings is 1. The predicted molar refractivity (Wildman–Crippen MR) is 165 cm³/mol. The Morgan fingerprint density at radius 2 is 1.88 bits per heavy atom. The molecule has 0 spiro atoms. The zero-order valence-electron chi connectivity index (χ0n) is 22.4. The Kier molecular flexibility index (Phi) is 8.09. The molecule has 1 aliphatic rings. The molecule has 42 heavy (non-hydrogen) atoms. The second-order valence-electron chi connectivity index (χ2n) is 9.42. The van der Waals surface area contributed by atoms with Crippen LogP contribution < -0.4 is 15.0 Å². The molecule has 0 N–H and O–H groups in total. The number of fused-ring (bicyclic) bond motifs is 2. The second kappa shape index (κ2) is 12.1. The summed E-state index contributed by atoms with van der Waals surface area (Å²) in [5, 5.41) is 5.81. The quantitative estimate of drug-likeness (QED) is 0.208. The fraction of sp³-hybridized carbons (Fsp3) is 0.200. The molecule has 3 heterocycles. The van der Waals surface area contributed by atoms with E-state index in [1.807, 2.05) is 30.3 Å². The minimum absolute atomic E-state index is 0.167. The van der Waals surface area contributed by atoms with Crippen molar-refractivity contribution >= 4 is 65.9 Å². The second-order valence-corrected chi connectivity index (χ2v) is 11.2. The average Bonchev–Trinajstić information content (AvgIpc) is 3.43. The van der Waals surface area contributed by atoms with Crippen molar-refractivity contribution in [3.05, 3.63) is 85.5 Å². The van der Waals surface area contributed by atoms with E-state index in [0.717, 1.165) is 9.86 Å². The monoisotopic (exact) mass is 694 g/mol.